The van der Waals surface area contributed by atoms with Crippen LogP contribution < -0.4 is 25.2 Å². The van der Waals surface area contributed by atoms with Gasteiger partial charge in [-0.1, -0.05) is 11.6 Å². The van der Waals surface area contributed by atoms with Gasteiger partial charge in [-0.05, 0) is 50.5 Å². The molecule has 2 aromatic carbocycles. The van der Waals surface area contributed by atoms with E-state index < -0.39 is 10.0 Å². The second kappa shape index (κ2) is 11.8. The number of halogens is 1. The van der Waals surface area contributed by atoms with Gasteiger partial charge in [-0.15, -0.1) is 0 Å². The van der Waals surface area contributed by atoms with Crippen LogP contribution in [0.25, 0.3) is 11.1 Å². The number of aromatic nitrogens is 1. The van der Waals surface area contributed by atoms with Crippen LogP contribution in [0.5, 0.6) is 11.5 Å². The molecule has 1 amide bonds. The molecule has 1 saturated heterocycles. The number of carbonyl (C=O) groups is 1. The van der Waals surface area contributed by atoms with Crippen LogP contribution >= 0.6 is 11.6 Å². The van der Waals surface area contributed by atoms with Gasteiger partial charge in [0.25, 0.3) is 6.01 Å². The first-order chi connectivity index (χ1) is 18.1. The number of rotatable bonds is 10. The highest BCUT2D eigenvalue weighted by molar-refractivity contribution is 7.89. The number of likely N-dealkylation sites (tertiary alicyclic amines) is 1. The summed E-state index contributed by atoms with van der Waals surface area (Å²) >= 11 is 6.06. The number of piperidine rings is 1. The Morgan fingerprint density at radius 3 is 2.34 bits per heavy atom. The van der Waals surface area contributed by atoms with E-state index in [1.807, 2.05) is 26.0 Å². The lowest BCUT2D eigenvalue weighted by molar-refractivity contribution is -0.114. The van der Waals surface area contributed by atoms with Crippen LogP contribution in [-0.4, -0.2) is 56.6 Å². The summed E-state index contributed by atoms with van der Waals surface area (Å²) in [4.78, 5) is 18.3. The van der Waals surface area contributed by atoms with E-state index in [0.29, 0.717) is 48.5 Å². The number of primary sulfonamides is 1. The van der Waals surface area contributed by atoms with Crippen LogP contribution in [0.4, 0.5) is 11.7 Å². The van der Waals surface area contributed by atoms with Crippen LogP contribution in [0.1, 0.15) is 39.2 Å². The minimum atomic E-state index is -3.97. The first-order valence-electron chi connectivity index (χ1n) is 12.4. The van der Waals surface area contributed by atoms with E-state index in [4.69, 9.17) is 30.6 Å². The van der Waals surface area contributed by atoms with Crippen molar-refractivity contribution in [2.75, 3.05) is 36.9 Å². The lowest BCUT2D eigenvalue weighted by atomic mass is 10.0. The smallest absolute Gasteiger partial charge is 0.295 e. The molecule has 4 N–H and O–H groups in total. The van der Waals surface area contributed by atoms with E-state index in [2.05, 4.69) is 20.5 Å². The third-order valence-corrected chi connectivity index (χ3v) is 7.47. The molecule has 2 heterocycles. The van der Waals surface area contributed by atoms with Crippen molar-refractivity contribution in [3.63, 3.8) is 0 Å². The maximum Gasteiger partial charge on any atom is 0.295 e. The van der Waals surface area contributed by atoms with Gasteiger partial charge in [0.15, 0.2) is 5.58 Å². The van der Waals surface area contributed by atoms with Gasteiger partial charge in [0, 0.05) is 38.7 Å². The van der Waals surface area contributed by atoms with Crippen molar-refractivity contribution in [2.45, 2.75) is 51.1 Å². The molecule has 0 saturated carbocycles. The van der Waals surface area contributed by atoms with E-state index in [-0.39, 0.29) is 27.5 Å². The molecule has 0 atom stereocenters. The largest absolute Gasteiger partial charge is 0.492 e. The van der Waals surface area contributed by atoms with Crippen LogP contribution in [0, 0.1) is 0 Å². The molecule has 11 nitrogen and oxygen atoms in total. The molecule has 3 aromatic rings. The number of oxazole rings is 1. The van der Waals surface area contributed by atoms with Gasteiger partial charge < -0.3 is 24.5 Å². The fourth-order valence-electron chi connectivity index (χ4n) is 4.45. The van der Waals surface area contributed by atoms with Gasteiger partial charge in [0.1, 0.15) is 27.6 Å². The second-order valence-electron chi connectivity index (χ2n) is 9.02. The van der Waals surface area contributed by atoms with Crippen LogP contribution in [0.15, 0.2) is 33.6 Å². The zero-order chi connectivity index (χ0) is 27.4. The molecule has 1 fully saturated rings. The number of ether oxygens (including phenoxy) is 2. The average Bonchev–Trinajstić information content (AvgIpc) is 3.22. The third-order valence-electron chi connectivity index (χ3n) is 6.10. The molecular weight excluding hydrogens is 534 g/mol. The minimum absolute atomic E-state index is 0.00162. The van der Waals surface area contributed by atoms with Crippen LogP contribution in [0.3, 0.4) is 0 Å². The van der Waals surface area contributed by atoms with E-state index in [1.165, 1.54) is 19.1 Å². The SMILES string of the molecule is CCOc1cc(CN2CCC(Nc3nc4cc(Cl)c(S(N)(=O)=O)cc4o3)CC2)cc(OCC)c1NC(C)=O. The third kappa shape index (κ3) is 6.68. The molecule has 0 bridgehead atoms. The molecule has 13 heteroatoms. The summed E-state index contributed by atoms with van der Waals surface area (Å²) in [6, 6.07) is 7.04. The molecule has 0 aliphatic carbocycles. The van der Waals surface area contributed by atoms with Crippen LogP contribution in [0.2, 0.25) is 5.02 Å². The number of nitrogens with one attached hydrogen (secondary N) is 2. The summed E-state index contributed by atoms with van der Waals surface area (Å²) in [5.74, 6) is 0.977. The summed E-state index contributed by atoms with van der Waals surface area (Å²) in [6.45, 7) is 8.54. The Morgan fingerprint density at radius 2 is 1.79 bits per heavy atom. The Morgan fingerprint density at radius 1 is 1.16 bits per heavy atom. The Hall–Kier alpha value is -3.06. The van der Waals surface area contributed by atoms with Crippen molar-refractivity contribution < 1.29 is 27.1 Å². The van der Waals surface area contributed by atoms with Crippen molar-refractivity contribution in [3.8, 4) is 11.5 Å². The Balaban J connectivity index is 1.41. The number of nitrogens with zero attached hydrogens (tertiary/aromatic N) is 2. The number of fused-ring (bicyclic) bond motifs is 1. The number of amides is 1. The van der Waals surface area contributed by atoms with Gasteiger partial charge >= 0.3 is 0 Å². The second-order valence-corrected chi connectivity index (χ2v) is 11.0. The first-order valence-corrected chi connectivity index (χ1v) is 14.3. The lowest BCUT2D eigenvalue weighted by Gasteiger charge is -2.32. The highest BCUT2D eigenvalue weighted by Crippen LogP contribution is 2.37. The van der Waals surface area contributed by atoms with Gasteiger partial charge in [-0.2, -0.15) is 4.98 Å². The van der Waals surface area contributed by atoms with Crippen molar-refractivity contribution in [2.24, 2.45) is 5.14 Å². The number of carbonyl (C=O) groups excluding carboxylic acids is 1. The van der Waals surface area contributed by atoms with Crippen LogP contribution in [-0.2, 0) is 21.4 Å². The van der Waals surface area contributed by atoms with E-state index >= 15 is 0 Å². The predicted molar refractivity (Wildman–Crippen MR) is 145 cm³/mol. The normalized spacial score (nSPS) is 15.0. The van der Waals surface area contributed by atoms with Crippen molar-refractivity contribution in [1.82, 2.24) is 9.88 Å². The molecule has 1 aromatic heterocycles. The molecule has 206 valence electrons. The molecule has 0 spiro atoms. The molecule has 4 rings (SSSR count). The summed E-state index contributed by atoms with van der Waals surface area (Å²) < 4.78 is 40.8. The highest BCUT2D eigenvalue weighted by atomic mass is 35.5. The average molecular weight is 566 g/mol. The molecule has 1 aliphatic rings. The standard InChI is InChI=1S/C25H32ClN5O6S/c1-4-35-21-10-16(11-22(36-5-2)24(21)28-15(3)32)14-31-8-6-17(7-9-31)29-25-30-19-12-18(26)23(38(27,33)34)13-20(19)37-25/h10-13,17H,4-9,14H2,1-3H3,(H,28,32)(H,29,30)(H2,27,33,34). The fraction of sp³-hybridized carbons (Fsp3) is 0.440. The zero-order valence-electron chi connectivity index (χ0n) is 21.5. The number of hydrogen-bond donors (Lipinski definition) is 3. The van der Waals surface area contributed by atoms with Gasteiger partial charge in [-0.3, -0.25) is 9.69 Å². The summed E-state index contributed by atoms with van der Waals surface area (Å²) in [6.07, 6.45) is 1.70. The Kier molecular flexibility index (Phi) is 8.66. The van der Waals surface area contributed by atoms with E-state index in [9.17, 15) is 13.2 Å². The highest BCUT2D eigenvalue weighted by Gasteiger charge is 2.23. The first kappa shape index (κ1) is 28.0. The lowest BCUT2D eigenvalue weighted by Crippen LogP contribution is -2.38. The molecule has 0 radical (unpaired) electrons. The predicted octanol–water partition coefficient (Wildman–Crippen LogP) is 3.96. The number of nitrogens with two attached hydrogens (primary N) is 1. The Labute approximate surface area is 226 Å². The zero-order valence-corrected chi connectivity index (χ0v) is 23.1. The molecule has 0 unspecified atom stereocenters. The number of hydrogen-bond acceptors (Lipinski definition) is 9. The summed E-state index contributed by atoms with van der Waals surface area (Å²) in [5, 5.41) is 11.3. The number of benzene rings is 2. The van der Waals surface area contributed by atoms with Gasteiger partial charge in [0.2, 0.25) is 15.9 Å². The topological polar surface area (TPSA) is 149 Å². The maximum absolute atomic E-state index is 11.7. The van der Waals surface area contributed by atoms with E-state index in [1.54, 1.807) is 0 Å². The molecule has 1 aliphatic heterocycles. The van der Waals surface area contributed by atoms with Crippen molar-refractivity contribution in [1.29, 1.82) is 0 Å². The van der Waals surface area contributed by atoms with Gasteiger partial charge in [0.05, 0.1) is 18.2 Å². The maximum atomic E-state index is 11.7. The number of sulfonamides is 1. The number of anilines is 2. The summed E-state index contributed by atoms with van der Waals surface area (Å²) in [5.41, 5.74) is 2.30. The van der Waals surface area contributed by atoms with Crippen molar-refractivity contribution in [3.05, 3.63) is 34.9 Å². The quantitative estimate of drug-likeness (QED) is 0.332. The van der Waals surface area contributed by atoms with E-state index in [0.717, 1.165) is 31.5 Å². The summed E-state index contributed by atoms with van der Waals surface area (Å²) in [7, 11) is -3.97. The van der Waals surface area contributed by atoms with Crippen molar-refractivity contribution >= 4 is 50.3 Å². The monoisotopic (exact) mass is 565 g/mol. The molecular formula is C25H32ClN5O6S. The molecule has 38 heavy (non-hydrogen) atoms. The fourth-order valence-corrected chi connectivity index (χ4v) is 5.53. The van der Waals surface area contributed by atoms with Gasteiger partial charge in [-0.25, -0.2) is 13.6 Å². The minimum Gasteiger partial charge on any atom is -0.492 e. The Bertz CT molecular complexity index is 1390.